The van der Waals surface area contributed by atoms with E-state index in [1.807, 2.05) is 27.7 Å². The van der Waals surface area contributed by atoms with Crippen molar-refractivity contribution in [1.29, 1.82) is 0 Å². The van der Waals surface area contributed by atoms with Crippen molar-refractivity contribution in [2.24, 2.45) is 0 Å². The Bertz CT molecular complexity index is 92.3. The van der Waals surface area contributed by atoms with Crippen LogP contribution in [0.15, 0.2) is 0 Å². The van der Waals surface area contributed by atoms with Gasteiger partial charge in [-0.2, -0.15) is 0 Å². The van der Waals surface area contributed by atoms with Crippen molar-refractivity contribution < 1.29 is 0 Å². The molecule has 0 bridgehead atoms. The second-order valence-electron chi connectivity index (χ2n) is 3.04. The van der Waals surface area contributed by atoms with Crippen molar-refractivity contribution in [3.63, 3.8) is 0 Å². The van der Waals surface area contributed by atoms with Gasteiger partial charge in [0, 0.05) is 25.7 Å². The molecule has 2 aliphatic heterocycles. The van der Waals surface area contributed by atoms with Gasteiger partial charge in [0.2, 0.25) is 0 Å². The summed E-state index contributed by atoms with van der Waals surface area (Å²) < 4.78 is 0. The van der Waals surface area contributed by atoms with E-state index in [9.17, 15) is 0 Å². The molecule has 0 aliphatic carbocycles. The molecule has 1 N–H and O–H groups in total. The van der Waals surface area contributed by atoms with E-state index in [1.165, 1.54) is 39.0 Å². The first-order chi connectivity index (χ1) is 6.47. The van der Waals surface area contributed by atoms with Gasteiger partial charge < -0.3 is 5.32 Å². The average Bonchev–Trinajstić information content (AvgIpc) is 2.71. The summed E-state index contributed by atoms with van der Waals surface area (Å²) in [5, 5.41) is 3.41. The Morgan fingerprint density at radius 3 is 2.38 bits per heavy atom. The Labute approximate surface area is 83.7 Å². The van der Waals surface area contributed by atoms with E-state index in [-0.39, 0.29) is 0 Å². The van der Waals surface area contributed by atoms with E-state index in [0.29, 0.717) is 0 Å². The second-order valence-corrected chi connectivity index (χ2v) is 3.04. The van der Waals surface area contributed by atoms with Crippen molar-refractivity contribution in [3.05, 3.63) is 0 Å². The Kier molecular flexibility index (Phi) is 8.46. The summed E-state index contributed by atoms with van der Waals surface area (Å²) in [7, 11) is 0. The molecule has 2 heteroatoms. The van der Waals surface area contributed by atoms with Crippen LogP contribution in [0.4, 0.5) is 0 Å². The van der Waals surface area contributed by atoms with E-state index in [0.717, 1.165) is 6.04 Å². The number of hydrogen-bond acceptors (Lipinski definition) is 2. The highest BCUT2D eigenvalue weighted by molar-refractivity contribution is 4.84. The predicted octanol–water partition coefficient (Wildman–Crippen LogP) is 2.11. The van der Waals surface area contributed by atoms with Crippen LogP contribution in [0.2, 0.25) is 0 Å². The Morgan fingerprint density at radius 2 is 1.77 bits per heavy atom. The van der Waals surface area contributed by atoms with Crippen LogP contribution in [0.25, 0.3) is 0 Å². The lowest BCUT2D eigenvalue weighted by molar-refractivity contribution is 0.212. The van der Waals surface area contributed by atoms with Crippen molar-refractivity contribution >= 4 is 0 Å². The van der Waals surface area contributed by atoms with Gasteiger partial charge in [-0.3, -0.25) is 4.90 Å². The molecule has 0 radical (unpaired) electrons. The first-order valence-corrected chi connectivity index (χ1v) is 5.91. The highest BCUT2D eigenvalue weighted by atomic mass is 15.2. The molecule has 2 nitrogen and oxygen atoms in total. The first-order valence-electron chi connectivity index (χ1n) is 5.91. The third-order valence-corrected chi connectivity index (χ3v) is 2.45. The summed E-state index contributed by atoms with van der Waals surface area (Å²) in [6.45, 7) is 13.1. The van der Waals surface area contributed by atoms with Gasteiger partial charge in [-0.05, 0) is 19.4 Å². The van der Waals surface area contributed by atoms with Crippen molar-refractivity contribution in [1.82, 2.24) is 10.2 Å². The van der Waals surface area contributed by atoms with Gasteiger partial charge >= 0.3 is 0 Å². The molecular formula is C11H26N2. The Morgan fingerprint density at radius 1 is 1.08 bits per heavy atom. The third kappa shape index (κ3) is 4.10. The fraction of sp³-hybridized carbons (Fsp3) is 1.00. The molecule has 1 atom stereocenters. The van der Waals surface area contributed by atoms with Crippen LogP contribution in [-0.4, -0.2) is 37.1 Å². The van der Waals surface area contributed by atoms with E-state index < -0.39 is 0 Å². The molecule has 13 heavy (non-hydrogen) atoms. The van der Waals surface area contributed by atoms with Crippen LogP contribution in [0.5, 0.6) is 0 Å². The summed E-state index contributed by atoms with van der Waals surface area (Å²) >= 11 is 0. The standard InChI is InChI=1S/C7H14N2.2C2H6/c1-2-7-6-8-3-5-9(7)4-1;2*1-2/h7-8H,1-6H2;2*1-2H3. The van der Waals surface area contributed by atoms with E-state index in [1.54, 1.807) is 0 Å². The van der Waals surface area contributed by atoms with Crippen LogP contribution >= 0.6 is 0 Å². The zero-order chi connectivity index (χ0) is 10.1. The van der Waals surface area contributed by atoms with Gasteiger partial charge in [0.05, 0.1) is 0 Å². The highest BCUT2D eigenvalue weighted by Crippen LogP contribution is 2.17. The number of hydrogen-bond donors (Lipinski definition) is 1. The van der Waals surface area contributed by atoms with Crippen molar-refractivity contribution in [2.75, 3.05) is 26.2 Å². The van der Waals surface area contributed by atoms with E-state index in [2.05, 4.69) is 10.2 Å². The molecule has 2 aliphatic rings. The zero-order valence-electron chi connectivity index (χ0n) is 9.77. The van der Waals surface area contributed by atoms with Crippen molar-refractivity contribution in [2.45, 2.75) is 46.6 Å². The summed E-state index contributed by atoms with van der Waals surface area (Å²) in [6, 6.07) is 0.888. The molecule has 0 saturated carbocycles. The van der Waals surface area contributed by atoms with Crippen LogP contribution < -0.4 is 5.32 Å². The number of nitrogens with zero attached hydrogens (tertiary/aromatic N) is 1. The molecule has 0 aromatic heterocycles. The molecule has 0 aromatic carbocycles. The lowest BCUT2D eigenvalue weighted by atomic mass is 10.2. The normalized spacial score (nSPS) is 26.3. The molecule has 2 rings (SSSR count). The SMILES string of the molecule is C1CC2CNCCN2C1.CC.CC. The maximum absolute atomic E-state index is 3.41. The quantitative estimate of drug-likeness (QED) is 0.623. The lowest BCUT2D eigenvalue weighted by Gasteiger charge is -2.29. The van der Waals surface area contributed by atoms with Gasteiger partial charge in [0.1, 0.15) is 0 Å². The summed E-state index contributed by atoms with van der Waals surface area (Å²) in [5.74, 6) is 0. The third-order valence-electron chi connectivity index (χ3n) is 2.45. The fourth-order valence-electron chi connectivity index (χ4n) is 1.91. The number of rotatable bonds is 0. The summed E-state index contributed by atoms with van der Waals surface area (Å²) in [5.41, 5.74) is 0. The minimum Gasteiger partial charge on any atom is -0.314 e. The molecule has 0 aromatic rings. The van der Waals surface area contributed by atoms with Crippen LogP contribution in [0.3, 0.4) is 0 Å². The topological polar surface area (TPSA) is 15.3 Å². The second kappa shape index (κ2) is 8.52. The highest BCUT2D eigenvalue weighted by Gasteiger charge is 2.25. The maximum atomic E-state index is 3.41. The summed E-state index contributed by atoms with van der Waals surface area (Å²) in [6.07, 6.45) is 2.85. The molecule has 2 saturated heterocycles. The fourth-order valence-corrected chi connectivity index (χ4v) is 1.91. The average molecular weight is 186 g/mol. The Balaban J connectivity index is 0.000000322. The molecule has 1 unspecified atom stereocenters. The molecule has 80 valence electrons. The van der Waals surface area contributed by atoms with E-state index in [4.69, 9.17) is 0 Å². The first kappa shape index (κ1) is 12.9. The Hall–Kier alpha value is -0.0800. The maximum Gasteiger partial charge on any atom is 0.0221 e. The molecule has 2 heterocycles. The van der Waals surface area contributed by atoms with Crippen molar-refractivity contribution in [3.8, 4) is 0 Å². The number of fused-ring (bicyclic) bond motifs is 1. The van der Waals surface area contributed by atoms with Crippen LogP contribution in [-0.2, 0) is 0 Å². The van der Waals surface area contributed by atoms with Gasteiger partial charge in [-0.15, -0.1) is 0 Å². The van der Waals surface area contributed by atoms with Crippen LogP contribution in [0.1, 0.15) is 40.5 Å². The minimum absolute atomic E-state index is 0.888. The molecular weight excluding hydrogens is 160 g/mol. The zero-order valence-corrected chi connectivity index (χ0v) is 9.77. The van der Waals surface area contributed by atoms with Gasteiger partial charge in [-0.25, -0.2) is 0 Å². The number of piperazine rings is 1. The lowest BCUT2D eigenvalue weighted by Crippen LogP contribution is -2.47. The van der Waals surface area contributed by atoms with Gasteiger partial charge in [0.25, 0.3) is 0 Å². The van der Waals surface area contributed by atoms with Gasteiger partial charge in [-0.1, -0.05) is 27.7 Å². The monoisotopic (exact) mass is 186 g/mol. The molecule has 2 fully saturated rings. The minimum atomic E-state index is 0.888. The molecule has 0 amide bonds. The van der Waals surface area contributed by atoms with E-state index >= 15 is 0 Å². The largest absolute Gasteiger partial charge is 0.314 e. The predicted molar refractivity (Wildman–Crippen MR) is 60.2 cm³/mol. The smallest absolute Gasteiger partial charge is 0.0221 e. The van der Waals surface area contributed by atoms with Gasteiger partial charge in [0.15, 0.2) is 0 Å². The number of nitrogens with one attached hydrogen (secondary N) is 1. The summed E-state index contributed by atoms with van der Waals surface area (Å²) in [4.78, 5) is 2.61. The van der Waals surface area contributed by atoms with Crippen LogP contribution in [0, 0.1) is 0 Å². The molecule has 0 spiro atoms.